The van der Waals surface area contributed by atoms with Gasteiger partial charge in [0, 0.05) is 0 Å². The summed E-state index contributed by atoms with van der Waals surface area (Å²) in [5.41, 5.74) is 0. The van der Waals surface area contributed by atoms with E-state index in [2.05, 4.69) is 35.7 Å². The van der Waals surface area contributed by atoms with E-state index in [0.29, 0.717) is 0 Å². The maximum Gasteiger partial charge on any atom is 0.127 e. The predicted octanol–water partition coefficient (Wildman–Crippen LogP) is 18.6. The second-order valence-corrected chi connectivity index (χ2v) is 25.9. The summed E-state index contributed by atoms with van der Waals surface area (Å²) >= 11 is 4.23. The first-order valence-corrected chi connectivity index (χ1v) is 28.0. The molecule has 0 N–H and O–H groups in total. The van der Waals surface area contributed by atoms with E-state index in [1.54, 1.807) is 0 Å². The third kappa shape index (κ3) is 42.8. The first-order chi connectivity index (χ1) is 23.1. The molecule has 0 amide bonds. The molecule has 0 radical (unpaired) electrons. The molecular weight excluding hydrogens is 648 g/mol. The maximum atomic E-state index is 4.23. The fourth-order valence-electron chi connectivity index (χ4n) is 7.62. The van der Waals surface area contributed by atoms with E-state index in [-0.39, 0.29) is 0 Å². The Labute approximate surface area is 309 Å². The van der Waals surface area contributed by atoms with Crippen molar-refractivity contribution in [2.24, 2.45) is 0 Å². The molecule has 0 aliphatic rings. The fourth-order valence-corrected chi connectivity index (χ4v) is 11.5. The van der Waals surface area contributed by atoms with Gasteiger partial charge in [0.1, 0.15) is 6.69 Å². The van der Waals surface area contributed by atoms with Crippen LogP contribution in [0.5, 0.6) is 0 Å². The summed E-state index contributed by atoms with van der Waals surface area (Å²) in [4.78, 5) is 0. The fraction of sp³-hybridized carbons (Fsp3) is 1.00. The van der Waals surface area contributed by atoms with Gasteiger partial charge in [0.15, 0.2) is 0 Å². The number of hydrogen-bond donors (Lipinski definition) is 0. The molecule has 0 bridgehead atoms. The molecule has 0 aliphatic heterocycles. The van der Waals surface area contributed by atoms with Gasteiger partial charge in [-0.05, 0) is 12.1 Å². The molecule has 0 saturated heterocycles. The first kappa shape index (κ1) is 47.7. The van der Waals surface area contributed by atoms with E-state index in [1.165, 1.54) is 269 Å². The molecule has 0 aromatic carbocycles. The Bertz CT molecular complexity index is 500. The molecule has 0 spiro atoms. The molecule has 0 atom stereocenters. The lowest BCUT2D eigenvalue weighted by Gasteiger charge is -2.19. The van der Waals surface area contributed by atoms with Crippen LogP contribution in [-0.2, 0) is 0 Å². The molecule has 0 aliphatic carbocycles. The Kier molecular flexibility index (Phi) is 41.7. The minimum atomic E-state index is -1.12. The zero-order valence-electron chi connectivity index (χ0n) is 33.6. The summed E-state index contributed by atoms with van der Waals surface area (Å²) in [6.45, 7) is 6.10. The number of rotatable bonds is 42. The summed E-state index contributed by atoms with van der Waals surface area (Å²) in [6, 6.07) is 3.01. The van der Waals surface area contributed by atoms with Crippen molar-refractivity contribution in [1.29, 1.82) is 0 Å². The Hall–Kier alpha value is 0.697. The van der Waals surface area contributed by atoms with Gasteiger partial charge in [-0.2, -0.15) is 0 Å². The second-order valence-electron chi connectivity index (χ2n) is 16.3. The number of halogens is 1. The zero-order valence-corrected chi connectivity index (χ0v) is 36.2. The first-order valence-electron chi connectivity index (χ1n) is 22.8. The zero-order chi connectivity index (χ0) is 34.2. The van der Waals surface area contributed by atoms with Gasteiger partial charge in [-0.3, -0.25) is 0 Å². The molecule has 0 aromatic heterocycles. The minimum Gasteiger partial charge on any atom is -0.126 e. The van der Waals surface area contributed by atoms with E-state index < -0.39 is 6.69 Å². The van der Waals surface area contributed by atoms with Crippen LogP contribution in [0.15, 0.2) is 0 Å². The summed E-state index contributed by atoms with van der Waals surface area (Å²) in [6.07, 6.45) is 59.1. The molecule has 2 heteroatoms. The largest absolute Gasteiger partial charge is 0.127 e. The summed E-state index contributed by atoms with van der Waals surface area (Å²) < 4.78 is 0. The van der Waals surface area contributed by atoms with E-state index in [9.17, 15) is 0 Å². The van der Waals surface area contributed by atoms with E-state index in [1.807, 2.05) is 0 Å². The minimum absolute atomic E-state index is 1.12. The highest BCUT2D eigenvalue weighted by Gasteiger charge is 2.21. The van der Waals surface area contributed by atoms with Gasteiger partial charge in [0.25, 0.3) is 0 Å². The van der Waals surface area contributed by atoms with Gasteiger partial charge in [0.2, 0.25) is 0 Å². The van der Waals surface area contributed by atoms with Crippen LogP contribution in [0.3, 0.4) is 0 Å². The van der Waals surface area contributed by atoms with Crippen LogP contribution in [0.25, 0.3) is 0 Å². The molecule has 0 unspecified atom stereocenters. The van der Waals surface area contributed by atoms with Crippen molar-refractivity contribution in [3.05, 3.63) is 0 Å². The number of hydrogen-bond acceptors (Lipinski definition) is 0. The molecule has 47 heavy (non-hydrogen) atoms. The van der Waals surface area contributed by atoms with Crippen molar-refractivity contribution < 1.29 is 0 Å². The van der Waals surface area contributed by atoms with Gasteiger partial charge < -0.3 is 0 Å². The van der Waals surface area contributed by atoms with Gasteiger partial charge in [-0.15, -0.1) is 15.3 Å². The highest BCUT2D eigenvalue weighted by molar-refractivity contribution is 9.26. The van der Waals surface area contributed by atoms with E-state index in [0.717, 1.165) is 0 Å². The molecule has 0 heterocycles. The third-order valence-corrected chi connectivity index (χ3v) is 16.3. The molecule has 0 saturated carbocycles. The van der Waals surface area contributed by atoms with Crippen molar-refractivity contribution in [1.82, 2.24) is 0 Å². The third-order valence-electron chi connectivity index (χ3n) is 11.1. The van der Waals surface area contributed by atoms with Crippen LogP contribution < -0.4 is 0 Å². The lowest BCUT2D eigenvalue weighted by atomic mass is 10.0. The Balaban J connectivity index is 3.24. The summed E-state index contributed by atoms with van der Waals surface area (Å²) in [5.74, 6) is 0. The molecule has 0 aromatic rings. The second kappa shape index (κ2) is 41.1. The number of unbranched alkanes of at least 4 members (excludes halogenated alkanes) is 38. The van der Waals surface area contributed by atoms with Crippen LogP contribution in [0, 0.1) is 0 Å². The molecular formula is C45H93BrSi. The summed E-state index contributed by atoms with van der Waals surface area (Å²) in [5, 5.41) is 0. The molecule has 284 valence electrons. The Morgan fingerprint density at radius 2 is 0.362 bits per heavy atom. The van der Waals surface area contributed by atoms with Crippen LogP contribution in [0.2, 0.25) is 18.6 Å². The van der Waals surface area contributed by atoms with Crippen molar-refractivity contribution in [2.75, 3.05) is 0 Å². The summed E-state index contributed by atoms with van der Waals surface area (Å²) in [7, 11) is 0. The Morgan fingerprint density at radius 1 is 0.234 bits per heavy atom. The topological polar surface area (TPSA) is 0 Å². The monoisotopic (exact) mass is 741 g/mol. The predicted molar refractivity (Wildman–Crippen MR) is 226 cm³/mol. The highest BCUT2D eigenvalue weighted by Crippen LogP contribution is 2.29. The molecule has 0 fully saturated rings. The van der Waals surface area contributed by atoms with Crippen molar-refractivity contribution in [3.8, 4) is 0 Å². The van der Waals surface area contributed by atoms with Gasteiger partial charge in [-0.25, -0.2) is 0 Å². The Morgan fingerprint density at radius 3 is 0.511 bits per heavy atom. The maximum absolute atomic E-state index is 4.23. The van der Waals surface area contributed by atoms with Crippen molar-refractivity contribution in [2.45, 2.75) is 289 Å². The van der Waals surface area contributed by atoms with Crippen molar-refractivity contribution in [3.63, 3.8) is 0 Å². The van der Waals surface area contributed by atoms with Gasteiger partial charge in [-0.1, -0.05) is 277 Å². The van der Waals surface area contributed by atoms with E-state index in [4.69, 9.17) is 0 Å². The van der Waals surface area contributed by atoms with E-state index >= 15 is 0 Å². The van der Waals surface area contributed by atoms with Crippen LogP contribution in [0.4, 0.5) is 0 Å². The van der Waals surface area contributed by atoms with Crippen LogP contribution in [-0.4, -0.2) is 6.69 Å². The lowest BCUT2D eigenvalue weighted by Crippen LogP contribution is -2.20. The normalized spacial score (nSPS) is 12.0. The smallest absolute Gasteiger partial charge is 0.126 e. The average Bonchev–Trinajstić information content (AvgIpc) is 3.06. The van der Waals surface area contributed by atoms with Gasteiger partial charge in [0.05, 0.1) is 0 Å². The average molecular weight is 742 g/mol. The molecule has 0 nitrogen and oxygen atoms in total. The lowest BCUT2D eigenvalue weighted by molar-refractivity contribution is 0.522. The standard InChI is InChI=1S/C45H93BrSi/c1-4-6-8-10-12-14-16-18-20-22-24-26-28-30-32-34-36-38-40-42-44-47(3,46)45-43-41-39-37-35-33-31-29-27-25-23-21-19-17-15-13-11-9-7-5-2/h4-45H2,1-3H3. The van der Waals surface area contributed by atoms with Crippen molar-refractivity contribution >= 4 is 22.0 Å². The van der Waals surface area contributed by atoms with Crippen LogP contribution in [0.1, 0.15) is 271 Å². The highest BCUT2D eigenvalue weighted by atomic mass is 79.9. The molecule has 0 rings (SSSR count). The quantitative estimate of drug-likeness (QED) is 0.0332. The van der Waals surface area contributed by atoms with Crippen LogP contribution >= 0.6 is 15.3 Å². The SMILES string of the molecule is CCCCCCCCCCCCCCCCCCCCCC[Si](C)(Br)CCCCCCCCCCCCCCCCCCCCCC. The van der Waals surface area contributed by atoms with Gasteiger partial charge >= 0.3 is 0 Å².